The van der Waals surface area contributed by atoms with Crippen molar-refractivity contribution in [3.8, 4) is 17.6 Å². The highest BCUT2D eigenvalue weighted by molar-refractivity contribution is 6.31. The number of hydrogen-bond donors (Lipinski definition) is 2. The van der Waals surface area contributed by atoms with Crippen LogP contribution in [-0.4, -0.2) is 20.1 Å². The van der Waals surface area contributed by atoms with Gasteiger partial charge in [0.15, 0.2) is 0 Å². The van der Waals surface area contributed by atoms with E-state index in [-0.39, 0.29) is 5.57 Å². The zero-order valence-corrected chi connectivity index (χ0v) is 14.4. The fraction of sp³-hybridized carbons (Fsp3) is 0.111. The summed E-state index contributed by atoms with van der Waals surface area (Å²) in [6.45, 7) is 0. The molecule has 1 amide bonds. The lowest BCUT2D eigenvalue weighted by molar-refractivity contribution is -0.112. The van der Waals surface area contributed by atoms with E-state index >= 15 is 0 Å². The second kappa shape index (κ2) is 8.62. The highest BCUT2D eigenvalue weighted by Crippen LogP contribution is 2.29. The van der Waals surface area contributed by atoms with Crippen LogP contribution in [0.2, 0.25) is 5.02 Å². The van der Waals surface area contributed by atoms with E-state index in [0.717, 1.165) is 0 Å². The first-order valence-electron chi connectivity index (χ1n) is 7.23. The first-order chi connectivity index (χ1) is 12.1. The quantitative estimate of drug-likeness (QED) is 0.606. The van der Waals surface area contributed by atoms with Gasteiger partial charge in [0.05, 0.1) is 19.9 Å². The Morgan fingerprint density at radius 3 is 2.64 bits per heavy atom. The highest BCUT2D eigenvalue weighted by Gasteiger charge is 2.11. The number of amides is 1. The number of anilines is 2. The molecule has 0 heterocycles. The summed E-state index contributed by atoms with van der Waals surface area (Å²) in [5.41, 5.74) is 0.951. The second-order valence-electron chi connectivity index (χ2n) is 4.84. The molecule has 0 fully saturated rings. The Labute approximate surface area is 150 Å². The Morgan fingerprint density at radius 2 is 2.00 bits per heavy atom. The number of methoxy groups -OCH3 is 2. The summed E-state index contributed by atoms with van der Waals surface area (Å²) in [4.78, 5) is 12.2. The van der Waals surface area contributed by atoms with Gasteiger partial charge < -0.3 is 20.1 Å². The van der Waals surface area contributed by atoms with E-state index in [4.69, 9.17) is 21.1 Å². The molecule has 0 unspecified atom stereocenters. The van der Waals surface area contributed by atoms with Gasteiger partial charge in [-0.25, -0.2) is 0 Å². The molecule has 0 aliphatic carbocycles. The van der Waals surface area contributed by atoms with Gasteiger partial charge in [-0.05, 0) is 30.3 Å². The van der Waals surface area contributed by atoms with E-state index in [1.54, 1.807) is 49.6 Å². The highest BCUT2D eigenvalue weighted by atomic mass is 35.5. The van der Waals surface area contributed by atoms with Crippen LogP contribution in [0.15, 0.2) is 54.2 Å². The number of carbonyl (C=O) groups excluding carboxylic acids is 1. The Morgan fingerprint density at radius 1 is 1.20 bits per heavy atom. The van der Waals surface area contributed by atoms with Gasteiger partial charge in [0.1, 0.15) is 23.1 Å². The molecule has 7 heteroatoms. The van der Waals surface area contributed by atoms with Crippen LogP contribution in [-0.2, 0) is 4.79 Å². The number of halogens is 1. The summed E-state index contributed by atoms with van der Waals surface area (Å²) in [6, 6.07) is 13.7. The fourth-order valence-corrected chi connectivity index (χ4v) is 2.18. The first kappa shape index (κ1) is 18.2. The summed E-state index contributed by atoms with van der Waals surface area (Å²) < 4.78 is 10.4. The summed E-state index contributed by atoms with van der Waals surface area (Å²) in [6.07, 6.45) is 1.30. The molecule has 0 radical (unpaired) electrons. The third kappa shape index (κ3) is 4.90. The smallest absolute Gasteiger partial charge is 0.267 e. The maximum absolute atomic E-state index is 12.2. The Hall–Kier alpha value is -3.17. The molecule has 2 aromatic rings. The molecule has 0 spiro atoms. The fourth-order valence-electron chi connectivity index (χ4n) is 1.99. The Kier molecular flexibility index (Phi) is 6.26. The average Bonchev–Trinajstić information content (AvgIpc) is 2.62. The van der Waals surface area contributed by atoms with Gasteiger partial charge >= 0.3 is 0 Å². The summed E-state index contributed by atoms with van der Waals surface area (Å²) in [7, 11) is 3.06. The van der Waals surface area contributed by atoms with E-state index in [1.807, 2.05) is 6.07 Å². The summed E-state index contributed by atoms with van der Waals surface area (Å²) in [5.74, 6) is 0.599. The minimum absolute atomic E-state index is 0.107. The molecule has 0 aromatic heterocycles. The van der Waals surface area contributed by atoms with Crippen LogP contribution >= 0.6 is 11.6 Å². The minimum Gasteiger partial charge on any atom is -0.497 e. The van der Waals surface area contributed by atoms with Crippen LogP contribution in [0.4, 0.5) is 11.4 Å². The second-order valence-corrected chi connectivity index (χ2v) is 5.28. The lowest BCUT2D eigenvalue weighted by Crippen LogP contribution is -2.14. The topological polar surface area (TPSA) is 83.4 Å². The third-order valence-electron chi connectivity index (χ3n) is 3.23. The average molecular weight is 358 g/mol. The molecular weight excluding hydrogens is 342 g/mol. The van der Waals surface area contributed by atoms with Gasteiger partial charge in [0, 0.05) is 23.0 Å². The van der Waals surface area contributed by atoms with Crippen LogP contribution in [0.3, 0.4) is 0 Å². The number of carbonyl (C=O) groups is 1. The van der Waals surface area contributed by atoms with Gasteiger partial charge in [-0.15, -0.1) is 0 Å². The lowest BCUT2D eigenvalue weighted by Gasteiger charge is -2.10. The van der Waals surface area contributed by atoms with E-state index in [9.17, 15) is 10.1 Å². The van der Waals surface area contributed by atoms with Crippen molar-refractivity contribution in [3.63, 3.8) is 0 Å². The van der Waals surface area contributed by atoms with Gasteiger partial charge in [0.25, 0.3) is 5.91 Å². The normalized spacial score (nSPS) is 10.6. The van der Waals surface area contributed by atoms with E-state index < -0.39 is 5.91 Å². The minimum atomic E-state index is -0.556. The number of nitriles is 1. The van der Waals surface area contributed by atoms with Crippen molar-refractivity contribution >= 4 is 28.9 Å². The van der Waals surface area contributed by atoms with E-state index in [0.29, 0.717) is 27.9 Å². The maximum Gasteiger partial charge on any atom is 0.267 e. The number of hydrogen-bond acceptors (Lipinski definition) is 5. The van der Waals surface area contributed by atoms with Crippen molar-refractivity contribution in [3.05, 3.63) is 59.3 Å². The van der Waals surface area contributed by atoms with Crippen LogP contribution in [0.5, 0.6) is 11.5 Å². The molecule has 25 heavy (non-hydrogen) atoms. The number of ether oxygens (including phenoxy) is 2. The predicted molar refractivity (Wildman–Crippen MR) is 96.9 cm³/mol. The van der Waals surface area contributed by atoms with Crippen molar-refractivity contribution in [1.82, 2.24) is 0 Å². The van der Waals surface area contributed by atoms with Gasteiger partial charge in [-0.1, -0.05) is 17.7 Å². The number of benzene rings is 2. The molecule has 2 aromatic carbocycles. The third-order valence-corrected chi connectivity index (χ3v) is 3.46. The summed E-state index contributed by atoms with van der Waals surface area (Å²) in [5, 5.41) is 15.2. The molecule has 6 nitrogen and oxygen atoms in total. The zero-order chi connectivity index (χ0) is 18.2. The lowest BCUT2D eigenvalue weighted by atomic mass is 10.2. The SMILES string of the molecule is COc1ccc(OC)c(N/C=C(/C#N)C(=O)Nc2cccc(Cl)c2)c1. The van der Waals surface area contributed by atoms with Crippen molar-refractivity contribution in [2.45, 2.75) is 0 Å². The molecule has 0 atom stereocenters. The molecule has 0 bridgehead atoms. The van der Waals surface area contributed by atoms with Crippen molar-refractivity contribution in [2.75, 3.05) is 24.9 Å². The van der Waals surface area contributed by atoms with Crippen LogP contribution in [0.1, 0.15) is 0 Å². The van der Waals surface area contributed by atoms with Crippen LogP contribution < -0.4 is 20.1 Å². The van der Waals surface area contributed by atoms with Gasteiger partial charge in [-0.2, -0.15) is 5.26 Å². The van der Waals surface area contributed by atoms with Gasteiger partial charge in [-0.3, -0.25) is 4.79 Å². The molecule has 2 rings (SSSR count). The number of rotatable bonds is 6. The molecule has 2 N–H and O–H groups in total. The molecular formula is C18H16ClN3O3. The Bertz CT molecular complexity index is 844. The van der Waals surface area contributed by atoms with Crippen molar-refractivity contribution in [1.29, 1.82) is 5.26 Å². The molecule has 0 saturated carbocycles. The van der Waals surface area contributed by atoms with Crippen LogP contribution in [0, 0.1) is 11.3 Å². The Balaban J connectivity index is 2.17. The largest absolute Gasteiger partial charge is 0.497 e. The first-order valence-corrected chi connectivity index (χ1v) is 7.61. The van der Waals surface area contributed by atoms with Gasteiger partial charge in [0.2, 0.25) is 0 Å². The molecule has 0 aliphatic rings. The number of nitrogens with one attached hydrogen (secondary N) is 2. The number of nitrogens with zero attached hydrogens (tertiary/aromatic N) is 1. The maximum atomic E-state index is 12.2. The zero-order valence-electron chi connectivity index (χ0n) is 13.7. The van der Waals surface area contributed by atoms with E-state index in [1.165, 1.54) is 13.3 Å². The monoisotopic (exact) mass is 357 g/mol. The van der Waals surface area contributed by atoms with Crippen molar-refractivity contribution < 1.29 is 14.3 Å². The predicted octanol–water partition coefficient (Wildman–Crippen LogP) is 3.82. The molecule has 128 valence electrons. The summed E-state index contributed by atoms with van der Waals surface area (Å²) >= 11 is 5.88. The molecule has 0 saturated heterocycles. The standard InChI is InChI=1S/C18H16ClN3O3/c1-24-15-6-7-17(25-2)16(9-15)21-11-12(10-20)18(23)22-14-5-3-4-13(19)8-14/h3-9,11,21H,1-2H3,(H,22,23)/b12-11-. The van der Waals surface area contributed by atoms with E-state index in [2.05, 4.69) is 10.6 Å². The van der Waals surface area contributed by atoms with Crippen LogP contribution in [0.25, 0.3) is 0 Å². The van der Waals surface area contributed by atoms with Crippen molar-refractivity contribution in [2.24, 2.45) is 0 Å². The molecule has 0 aliphatic heterocycles.